The van der Waals surface area contributed by atoms with Crippen molar-refractivity contribution >= 4 is 46.7 Å². The largest absolute Gasteiger partial charge is 0.493 e. The maximum Gasteiger partial charge on any atom is 0.195 e. The van der Waals surface area contributed by atoms with Crippen LogP contribution in [0, 0.1) is 6.92 Å². The molecule has 0 spiro atoms. The van der Waals surface area contributed by atoms with Crippen LogP contribution in [0.5, 0.6) is 11.5 Å². The molecule has 0 aliphatic heterocycles. The molecule has 0 atom stereocenters. The lowest BCUT2D eigenvalue weighted by atomic mass is 10.2. The summed E-state index contributed by atoms with van der Waals surface area (Å²) in [6, 6.07) is 13.9. The number of guanidine groups is 1. The number of fused-ring (bicyclic) bond motifs is 1. The number of nitrogens with one attached hydrogen (secondary N) is 2. The van der Waals surface area contributed by atoms with Crippen LogP contribution in [0.4, 0.5) is 5.69 Å². The van der Waals surface area contributed by atoms with Crippen molar-refractivity contribution in [1.29, 1.82) is 0 Å². The lowest BCUT2D eigenvalue weighted by molar-refractivity contribution is 0.311. The first kappa shape index (κ1) is 23.8. The van der Waals surface area contributed by atoms with Crippen LogP contribution >= 0.6 is 24.0 Å². The molecule has 0 saturated heterocycles. The maximum atomic E-state index is 5.58. The molecule has 0 radical (unpaired) electrons. The van der Waals surface area contributed by atoms with Crippen molar-refractivity contribution in [3.05, 3.63) is 48.3 Å². The molecule has 30 heavy (non-hydrogen) atoms. The minimum atomic E-state index is 0. The minimum absolute atomic E-state index is 0. The molecule has 0 unspecified atom stereocenters. The predicted molar refractivity (Wildman–Crippen MR) is 134 cm³/mol. The highest BCUT2D eigenvalue weighted by Crippen LogP contribution is 2.30. The highest BCUT2D eigenvalue weighted by molar-refractivity contribution is 14.0. The number of aliphatic imine (C=N–C) groups is 1. The zero-order chi connectivity index (χ0) is 20.6. The van der Waals surface area contributed by atoms with Gasteiger partial charge in [0.25, 0.3) is 0 Å². The summed E-state index contributed by atoms with van der Waals surface area (Å²) in [4.78, 5) is 9.33. The van der Waals surface area contributed by atoms with Gasteiger partial charge in [0.15, 0.2) is 17.5 Å². The van der Waals surface area contributed by atoms with E-state index in [1.807, 2.05) is 57.2 Å². The molecule has 0 aliphatic carbocycles. The fraction of sp³-hybridized carbons (Fsp3) is 0.364. The zero-order valence-corrected chi connectivity index (χ0v) is 20.3. The van der Waals surface area contributed by atoms with E-state index in [0.717, 1.165) is 47.3 Å². The van der Waals surface area contributed by atoms with E-state index < -0.39 is 0 Å². The highest BCUT2D eigenvalue weighted by Gasteiger charge is 2.08. The van der Waals surface area contributed by atoms with Crippen LogP contribution in [-0.2, 0) is 6.54 Å². The van der Waals surface area contributed by atoms with Gasteiger partial charge in [-0.15, -0.1) is 24.0 Å². The molecule has 1 aromatic heterocycles. The number of benzene rings is 2. The van der Waals surface area contributed by atoms with Gasteiger partial charge in [-0.05, 0) is 45.0 Å². The first-order valence-corrected chi connectivity index (χ1v) is 9.94. The number of hydrogen-bond donors (Lipinski definition) is 2. The smallest absolute Gasteiger partial charge is 0.195 e. The summed E-state index contributed by atoms with van der Waals surface area (Å²) in [5, 5.41) is 6.62. The molecule has 2 aromatic carbocycles. The van der Waals surface area contributed by atoms with Gasteiger partial charge in [0.2, 0.25) is 0 Å². The van der Waals surface area contributed by atoms with Crippen molar-refractivity contribution in [3.63, 3.8) is 0 Å². The third-order valence-corrected chi connectivity index (χ3v) is 4.51. The number of imidazole rings is 1. The third-order valence-electron chi connectivity index (χ3n) is 4.51. The molecule has 3 aromatic rings. The van der Waals surface area contributed by atoms with Gasteiger partial charge in [-0.3, -0.25) is 4.99 Å². The second kappa shape index (κ2) is 11.6. The fourth-order valence-corrected chi connectivity index (χ4v) is 3.20. The molecule has 8 heteroatoms. The Morgan fingerprint density at radius 3 is 2.67 bits per heavy atom. The van der Waals surface area contributed by atoms with Crippen molar-refractivity contribution in [2.24, 2.45) is 4.99 Å². The molecule has 0 bridgehead atoms. The van der Waals surface area contributed by atoms with E-state index in [1.165, 1.54) is 0 Å². The SMILES string of the molecule is CCNC(=NCCn1c(C)nc2ccccc21)Nc1ccc(OCC)c(OC)c1.I. The molecule has 2 N–H and O–H groups in total. The van der Waals surface area contributed by atoms with Crippen LogP contribution in [0.25, 0.3) is 11.0 Å². The zero-order valence-electron chi connectivity index (χ0n) is 17.9. The van der Waals surface area contributed by atoms with Gasteiger partial charge in [0.1, 0.15) is 5.82 Å². The number of methoxy groups -OCH3 is 1. The summed E-state index contributed by atoms with van der Waals surface area (Å²) in [7, 11) is 1.64. The first-order chi connectivity index (χ1) is 14.2. The number of ether oxygens (including phenoxy) is 2. The molecular formula is C22H30IN5O2. The van der Waals surface area contributed by atoms with Crippen LogP contribution in [-0.4, -0.2) is 42.3 Å². The Morgan fingerprint density at radius 1 is 1.13 bits per heavy atom. The molecule has 162 valence electrons. The number of aryl methyl sites for hydroxylation is 1. The van der Waals surface area contributed by atoms with E-state index in [2.05, 4.69) is 26.3 Å². The Hall–Kier alpha value is -2.49. The summed E-state index contributed by atoms with van der Waals surface area (Å²) in [6.45, 7) is 8.78. The fourth-order valence-electron chi connectivity index (χ4n) is 3.20. The second-order valence-electron chi connectivity index (χ2n) is 6.48. The average Bonchev–Trinajstić information content (AvgIpc) is 3.04. The van der Waals surface area contributed by atoms with E-state index in [1.54, 1.807) is 7.11 Å². The molecule has 0 aliphatic rings. The molecule has 0 amide bonds. The van der Waals surface area contributed by atoms with Crippen molar-refractivity contribution < 1.29 is 9.47 Å². The van der Waals surface area contributed by atoms with E-state index in [-0.39, 0.29) is 24.0 Å². The molecule has 7 nitrogen and oxygen atoms in total. The minimum Gasteiger partial charge on any atom is -0.493 e. The Labute approximate surface area is 194 Å². The number of nitrogens with zero attached hydrogens (tertiary/aromatic N) is 3. The molecular weight excluding hydrogens is 493 g/mol. The van der Waals surface area contributed by atoms with Crippen LogP contribution in [0.3, 0.4) is 0 Å². The Morgan fingerprint density at radius 2 is 1.93 bits per heavy atom. The topological polar surface area (TPSA) is 72.7 Å². The van der Waals surface area contributed by atoms with Gasteiger partial charge >= 0.3 is 0 Å². The van der Waals surface area contributed by atoms with E-state index in [9.17, 15) is 0 Å². The molecule has 3 rings (SSSR count). The standard InChI is InChI=1S/C22H29N5O2.HI/c1-5-23-22(26-17-11-12-20(29-6-2)21(15-17)28-4)24-13-14-27-16(3)25-18-9-7-8-10-19(18)27;/h7-12,15H,5-6,13-14H2,1-4H3,(H2,23,24,26);1H. The maximum absolute atomic E-state index is 5.58. The Balaban J connectivity index is 0.00000320. The predicted octanol–water partition coefficient (Wildman–Crippen LogP) is 4.45. The van der Waals surface area contributed by atoms with Gasteiger partial charge in [-0.2, -0.15) is 0 Å². The van der Waals surface area contributed by atoms with Gasteiger partial charge in [0, 0.05) is 24.8 Å². The van der Waals surface area contributed by atoms with Crippen LogP contribution in [0.1, 0.15) is 19.7 Å². The lowest BCUT2D eigenvalue weighted by Crippen LogP contribution is -2.31. The molecule has 1 heterocycles. The van der Waals surface area contributed by atoms with Crippen molar-refractivity contribution in [2.75, 3.05) is 32.1 Å². The average molecular weight is 523 g/mol. The van der Waals surface area contributed by atoms with Crippen LogP contribution < -0.4 is 20.1 Å². The monoisotopic (exact) mass is 523 g/mol. The van der Waals surface area contributed by atoms with Crippen molar-refractivity contribution in [2.45, 2.75) is 27.3 Å². The van der Waals surface area contributed by atoms with Gasteiger partial charge < -0.3 is 24.7 Å². The summed E-state index contributed by atoms with van der Waals surface area (Å²) >= 11 is 0. The van der Waals surface area contributed by atoms with Crippen molar-refractivity contribution in [1.82, 2.24) is 14.9 Å². The Kier molecular flexibility index (Phi) is 9.22. The van der Waals surface area contributed by atoms with Crippen molar-refractivity contribution in [3.8, 4) is 11.5 Å². The van der Waals surface area contributed by atoms with E-state index in [0.29, 0.717) is 18.9 Å². The van der Waals surface area contributed by atoms with Gasteiger partial charge in [-0.1, -0.05) is 12.1 Å². The summed E-state index contributed by atoms with van der Waals surface area (Å²) in [5.74, 6) is 3.13. The lowest BCUT2D eigenvalue weighted by Gasteiger charge is -2.14. The quantitative estimate of drug-likeness (QED) is 0.260. The molecule has 0 fully saturated rings. The number of halogens is 1. The summed E-state index contributed by atoms with van der Waals surface area (Å²) in [5.41, 5.74) is 3.03. The number of hydrogen-bond acceptors (Lipinski definition) is 4. The molecule has 0 saturated carbocycles. The summed E-state index contributed by atoms with van der Waals surface area (Å²) < 4.78 is 13.2. The number of para-hydroxylation sites is 2. The second-order valence-corrected chi connectivity index (χ2v) is 6.48. The van der Waals surface area contributed by atoms with Gasteiger partial charge in [-0.25, -0.2) is 4.98 Å². The van der Waals surface area contributed by atoms with Crippen LogP contribution in [0.15, 0.2) is 47.5 Å². The van der Waals surface area contributed by atoms with E-state index in [4.69, 9.17) is 14.5 Å². The first-order valence-electron chi connectivity index (χ1n) is 9.94. The number of rotatable bonds is 8. The highest BCUT2D eigenvalue weighted by atomic mass is 127. The third kappa shape index (κ3) is 5.78. The normalized spacial score (nSPS) is 11.1. The van der Waals surface area contributed by atoms with Crippen LogP contribution in [0.2, 0.25) is 0 Å². The van der Waals surface area contributed by atoms with E-state index >= 15 is 0 Å². The Bertz CT molecular complexity index is 987. The summed E-state index contributed by atoms with van der Waals surface area (Å²) in [6.07, 6.45) is 0. The number of aromatic nitrogens is 2. The van der Waals surface area contributed by atoms with Gasteiger partial charge in [0.05, 0.1) is 31.3 Å². The number of anilines is 1.